The lowest BCUT2D eigenvalue weighted by Crippen LogP contribution is -2.27. The molecule has 0 aliphatic rings. The number of hydrogen-bond donors (Lipinski definition) is 3. The van der Waals surface area contributed by atoms with Crippen molar-refractivity contribution in [1.29, 1.82) is 0 Å². The minimum absolute atomic E-state index is 0.371. The van der Waals surface area contributed by atoms with Gasteiger partial charge in [-0.1, -0.05) is 35.5 Å². The summed E-state index contributed by atoms with van der Waals surface area (Å²) < 4.78 is 21.8. The second-order valence-corrected chi connectivity index (χ2v) is 7.74. The van der Waals surface area contributed by atoms with Crippen molar-refractivity contribution in [2.75, 3.05) is 33.8 Å². The van der Waals surface area contributed by atoms with E-state index in [1.807, 2.05) is 24.3 Å². The summed E-state index contributed by atoms with van der Waals surface area (Å²) in [6.45, 7) is 0. The van der Waals surface area contributed by atoms with Crippen LogP contribution in [-0.2, 0) is 4.79 Å². The summed E-state index contributed by atoms with van der Waals surface area (Å²) in [4.78, 5) is 12.9. The molecule has 186 valence electrons. The molecule has 0 radical (unpaired) electrons. The molecule has 1 unspecified atom stereocenters. The predicted molar refractivity (Wildman–Crippen MR) is 135 cm³/mol. The van der Waals surface area contributed by atoms with Crippen LogP contribution in [0, 0.1) is 0 Å². The number of nitrogens with zero attached hydrogens (tertiary/aromatic N) is 2. The summed E-state index contributed by atoms with van der Waals surface area (Å²) in [6, 6.07) is 17.2. The molecule has 1 heterocycles. The van der Waals surface area contributed by atoms with E-state index in [9.17, 15) is 4.79 Å². The number of nitrogens with one attached hydrogen (secondary N) is 2. The van der Waals surface area contributed by atoms with Crippen LogP contribution in [0.4, 0.5) is 5.69 Å². The molecular formula is C26H27N5O5. The van der Waals surface area contributed by atoms with Gasteiger partial charge in [0.05, 0.1) is 39.8 Å². The number of methoxy groups -OCH3 is 4. The normalized spacial score (nSPS) is 11.5. The summed E-state index contributed by atoms with van der Waals surface area (Å²) in [5.41, 5.74) is 9.92. The number of hydrogen-bond acceptors (Lipinski definition) is 8. The number of aromatic amines is 1. The first-order chi connectivity index (χ1) is 17.5. The maximum atomic E-state index is 12.9. The Labute approximate surface area is 208 Å². The Balaban J connectivity index is 1.71. The van der Waals surface area contributed by atoms with Gasteiger partial charge in [0.2, 0.25) is 11.7 Å². The van der Waals surface area contributed by atoms with Crippen LogP contribution in [-0.4, -0.2) is 49.8 Å². The molecule has 1 atom stereocenters. The molecule has 0 fully saturated rings. The Morgan fingerprint density at radius 3 is 2.14 bits per heavy atom. The third-order valence-electron chi connectivity index (χ3n) is 5.67. The van der Waals surface area contributed by atoms with Crippen LogP contribution in [0.5, 0.6) is 23.0 Å². The van der Waals surface area contributed by atoms with Crippen molar-refractivity contribution in [3.05, 3.63) is 66.2 Å². The zero-order valence-electron chi connectivity index (χ0n) is 20.4. The maximum absolute atomic E-state index is 12.9. The molecule has 0 bridgehead atoms. The monoisotopic (exact) mass is 489 g/mol. The molecule has 1 amide bonds. The van der Waals surface area contributed by atoms with Gasteiger partial charge in [0.25, 0.3) is 0 Å². The smallest absolute Gasteiger partial charge is 0.245 e. The fraction of sp³-hybridized carbons (Fsp3) is 0.192. The van der Waals surface area contributed by atoms with Crippen LogP contribution in [0.25, 0.3) is 22.5 Å². The Morgan fingerprint density at radius 1 is 0.861 bits per heavy atom. The number of rotatable bonds is 9. The average Bonchev–Trinajstić information content (AvgIpc) is 3.42. The lowest BCUT2D eigenvalue weighted by Gasteiger charge is -2.16. The summed E-state index contributed by atoms with van der Waals surface area (Å²) in [5.74, 6) is 1.55. The molecule has 10 nitrogen and oxygen atoms in total. The molecule has 4 aromatic rings. The van der Waals surface area contributed by atoms with E-state index in [4.69, 9.17) is 24.7 Å². The van der Waals surface area contributed by atoms with Crippen molar-refractivity contribution in [3.8, 4) is 45.5 Å². The van der Waals surface area contributed by atoms with Gasteiger partial charge in [-0.25, -0.2) is 0 Å². The lowest BCUT2D eigenvalue weighted by atomic mass is 10.0. The SMILES string of the molecule is COc1ccc(-c2[nH]nnc2-c2cc(OC)c(OC)c(OC)c2)cc1NC(=O)C(N)c1ccccc1. The first-order valence-corrected chi connectivity index (χ1v) is 11.0. The first-order valence-electron chi connectivity index (χ1n) is 11.0. The highest BCUT2D eigenvalue weighted by molar-refractivity contribution is 5.97. The summed E-state index contributed by atoms with van der Waals surface area (Å²) >= 11 is 0. The largest absolute Gasteiger partial charge is 0.495 e. The Morgan fingerprint density at radius 2 is 1.53 bits per heavy atom. The number of carbonyl (C=O) groups is 1. The molecule has 1 aromatic heterocycles. The van der Waals surface area contributed by atoms with Gasteiger partial charge in [0.15, 0.2) is 11.5 Å². The van der Waals surface area contributed by atoms with E-state index in [0.717, 1.165) is 0 Å². The van der Waals surface area contributed by atoms with Gasteiger partial charge in [-0.3, -0.25) is 9.89 Å². The van der Waals surface area contributed by atoms with Crippen molar-refractivity contribution < 1.29 is 23.7 Å². The summed E-state index contributed by atoms with van der Waals surface area (Å²) in [6.07, 6.45) is 0. The van der Waals surface area contributed by atoms with Crippen LogP contribution >= 0.6 is 0 Å². The molecule has 0 saturated heterocycles. The van der Waals surface area contributed by atoms with Gasteiger partial charge in [-0.05, 0) is 35.9 Å². The van der Waals surface area contributed by atoms with Gasteiger partial charge < -0.3 is 30.0 Å². The van der Waals surface area contributed by atoms with E-state index in [-0.39, 0.29) is 5.91 Å². The summed E-state index contributed by atoms with van der Waals surface area (Å²) in [5, 5.41) is 14.1. The number of carbonyl (C=O) groups excluding carboxylic acids is 1. The van der Waals surface area contributed by atoms with Crippen LogP contribution in [0.3, 0.4) is 0 Å². The van der Waals surface area contributed by atoms with E-state index in [1.54, 1.807) is 57.7 Å². The lowest BCUT2D eigenvalue weighted by molar-refractivity contribution is -0.117. The minimum Gasteiger partial charge on any atom is -0.495 e. The quantitative estimate of drug-likeness (QED) is 0.323. The van der Waals surface area contributed by atoms with E-state index in [1.165, 1.54) is 7.11 Å². The third-order valence-corrected chi connectivity index (χ3v) is 5.67. The van der Waals surface area contributed by atoms with E-state index in [2.05, 4.69) is 20.7 Å². The standard InChI is InChI=1S/C26H27N5O5/c1-33-19-11-10-16(12-18(19)28-26(32)22(27)15-8-6-5-7-9-15)23-24(30-31-29-23)17-13-20(34-2)25(36-4)21(14-17)35-3/h5-14,22H,27H2,1-4H3,(H,28,32)(H,29,30,31). The number of aromatic nitrogens is 3. The highest BCUT2D eigenvalue weighted by Crippen LogP contribution is 2.42. The van der Waals surface area contributed by atoms with Gasteiger partial charge in [0.1, 0.15) is 17.5 Å². The van der Waals surface area contributed by atoms with Crippen molar-refractivity contribution >= 4 is 11.6 Å². The number of ether oxygens (including phenoxy) is 4. The van der Waals surface area contributed by atoms with E-state index >= 15 is 0 Å². The second-order valence-electron chi connectivity index (χ2n) is 7.74. The molecule has 4 N–H and O–H groups in total. The van der Waals surface area contributed by atoms with Gasteiger partial charge in [0, 0.05) is 11.1 Å². The second kappa shape index (κ2) is 10.8. The van der Waals surface area contributed by atoms with Crippen LogP contribution in [0.2, 0.25) is 0 Å². The molecule has 4 rings (SSSR count). The molecular weight excluding hydrogens is 462 g/mol. The maximum Gasteiger partial charge on any atom is 0.245 e. The predicted octanol–water partition coefficient (Wildman–Crippen LogP) is 3.81. The molecule has 36 heavy (non-hydrogen) atoms. The van der Waals surface area contributed by atoms with Crippen LogP contribution in [0.15, 0.2) is 60.7 Å². The number of amides is 1. The summed E-state index contributed by atoms with van der Waals surface area (Å²) in [7, 11) is 6.16. The van der Waals surface area contributed by atoms with Crippen molar-refractivity contribution in [1.82, 2.24) is 15.4 Å². The van der Waals surface area contributed by atoms with Crippen molar-refractivity contribution in [2.24, 2.45) is 5.73 Å². The number of anilines is 1. The molecule has 0 aliphatic heterocycles. The van der Waals surface area contributed by atoms with Crippen molar-refractivity contribution in [2.45, 2.75) is 6.04 Å². The Bertz CT molecular complexity index is 1330. The number of nitrogens with two attached hydrogens (primary N) is 1. The molecule has 10 heteroatoms. The topological polar surface area (TPSA) is 134 Å². The molecule has 3 aromatic carbocycles. The zero-order valence-corrected chi connectivity index (χ0v) is 20.4. The Kier molecular flexibility index (Phi) is 7.36. The molecule has 0 aliphatic carbocycles. The first kappa shape index (κ1) is 24.6. The molecule has 0 spiro atoms. The van der Waals surface area contributed by atoms with Crippen LogP contribution < -0.4 is 30.0 Å². The highest BCUT2D eigenvalue weighted by atomic mass is 16.5. The number of H-pyrrole nitrogens is 1. The Hall–Kier alpha value is -4.57. The fourth-order valence-electron chi connectivity index (χ4n) is 3.83. The number of benzene rings is 3. The average molecular weight is 490 g/mol. The van der Waals surface area contributed by atoms with E-state index in [0.29, 0.717) is 56.8 Å². The zero-order chi connectivity index (χ0) is 25.7. The minimum atomic E-state index is -0.844. The van der Waals surface area contributed by atoms with Gasteiger partial charge >= 0.3 is 0 Å². The third kappa shape index (κ3) is 4.80. The van der Waals surface area contributed by atoms with Crippen molar-refractivity contribution in [3.63, 3.8) is 0 Å². The fourth-order valence-corrected chi connectivity index (χ4v) is 3.83. The van der Waals surface area contributed by atoms with Gasteiger partial charge in [-0.15, -0.1) is 5.10 Å². The van der Waals surface area contributed by atoms with Gasteiger partial charge in [-0.2, -0.15) is 0 Å². The van der Waals surface area contributed by atoms with E-state index < -0.39 is 6.04 Å². The van der Waals surface area contributed by atoms with Crippen LogP contribution in [0.1, 0.15) is 11.6 Å². The molecule has 0 saturated carbocycles. The highest BCUT2D eigenvalue weighted by Gasteiger charge is 2.21.